The molecule has 0 bridgehead atoms. The number of benzene rings is 1. The molecule has 1 aromatic carbocycles. The van der Waals surface area contributed by atoms with Crippen LogP contribution in [0.5, 0.6) is 0 Å². The Labute approximate surface area is 161 Å². The van der Waals surface area contributed by atoms with Gasteiger partial charge in [0, 0.05) is 30.1 Å². The lowest BCUT2D eigenvalue weighted by Crippen LogP contribution is -2.34. The summed E-state index contributed by atoms with van der Waals surface area (Å²) >= 11 is 0. The minimum atomic E-state index is -0.417. The number of cyclic esters (lactones) is 1. The normalized spacial score (nSPS) is 16.4. The van der Waals surface area contributed by atoms with E-state index < -0.39 is 6.09 Å². The quantitative estimate of drug-likeness (QED) is 0.702. The SMILES string of the molecule is CCCC(=O)NC[C@H]1CN(c2ccc(-c3nnc4ncccn34)cc2)C(=O)O1. The zero-order chi connectivity index (χ0) is 19.5. The molecule has 9 heteroatoms. The van der Waals surface area contributed by atoms with E-state index in [4.69, 9.17) is 4.74 Å². The first kappa shape index (κ1) is 17.9. The molecular formula is C19H20N6O3. The fourth-order valence-corrected chi connectivity index (χ4v) is 3.11. The van der Waals surface area contributed by atoms with Gasteiger partial charge >= 0.3 is 6.09 Å². The van der Waals surface area contributed by atoms with Crippen molar-refractivity contribution in [1.29, 1.82) is 0 Å². The van der Waals surface area contributed by atoms with Gasteiger partial charge in [-0.2, -0.15) is 0 Å². The maximum Gasteiger partial charge on any atom is 0.414 e. The molecule has 1 fully saturated rings. The van der Waals surface area contributed by atoms with Crippen molar-refractivity contribution in [3.05, 3.63) is 42.7 Å². The van der Waals surface area contributed by atoms with Crippen molar-refractivity contribution in [2.24, 2.45) is 0 Å². The predicted octanol–water partition coefficient (Wildman–Crippen LogP) is 2.03. The molecule has 0 aliphatic carbocycles. The van der Waals surface area contributed by atoms with E-state index in [9.17, 15) is 9.59 Å². The zero-order valence-corrected chi connectivity index (χ0v) is 15.4. The Morgan fingerprint density at radius 2 is 2.11 bits per heavy atom. The first-order valence-corrected chi connectivity index (χ1v) is 9.16. The standard InChI is InChI=1S/C19H20N6O3/c1-2-4-16(26)21-11-15-12-25(19(27)28-15)14-7-5-13(6-8-14)17-22-23-18-20-9-3-10-24(17)18/h3,5-10,15H,2,4,11-12H2,1H3,(H,21,26)/t15-/m0/s1. The summed E-state index contributed by atoms with van der Waals surface area (Å²) in [6, 6.07) is 9.25. The highest BCUT2D eigenvalue weighted by atomic mass is 16.6. The van der Waals surface area contributed by atoms with Crippen LogP contribution in [0, 0.1) is 0 Å². The Kier molecular flexibility index (Phi) is 4.88. The molecule has 3 aromatic rings. The number of rotatable bonds is 6. The van der Waals surface area contributed by atoms with E-state index in [0.29, 0.717) is 31.1 Å². The summed E-state index contributed by atoms with van der Waals surface area (Å²) in [5, 5.41) is 11.0. The maximum absolute atomic E-state index is 12.2. The van der Waals surface area contributed by atoms with Gasteiger partial charge < -0.3 is 10.1 Å². The lowest BCUT2D eigenvalue weighted by molar-refractivity contribution is -0.121. The topological polar surface area (TPSA) is 102 Å². The van der Waals surface area contributed by atoms with Gasteiger partial charge in [-0.1, -0.05) is 6.92 Å². The Bertz CT molecular complexity index is 1000. The van der Waals surface area contributed by atoms with Gasteiger partial charge in [0.1, 0.15) is 6.10 Å². The van der Waals surface area contributed by atoms with Gasteiger partial charge in [0.2, 0.25) is 5.91 Å². The summed E-state index contributed by atoms with van der Waals surface area (Å²) < 4.78 is 7.15. The van der Waals surface area contributed by atoms with Crippen LogP contribution in [0.3, 0.4) is 0 Å². The second-order valence-corrected chi connectivity index (χ2v) is 6.53. The molecule has 0 unspecified atom stereocenters. The predicted molar refractivity (Wildman–Crippen MR) is 102 cm³/mol. The third-order valence-electron chi connectivity index (χ3n) is 4.50. The molecule has 1 aliphatic heterocycles. The Hall–Kier alpha value is -3.49. The molecule has 2 amide bonds. The number of amides is 2. The smallest absolute Gasteiger partial charge is 0.414 e. The van der Waals surface area contributed by atoms with Crippen molar-refractivity contribution in [3.8, 4) is 11.4 Å². The van der Waals surface area contributed by atoms with E-state index in [0.717, 1.165) is 17.7 Å². The summed E-state index contributed by atoms with van der Waals surface area (Å²) in [6.45, 7) is 2.65. The van der Waals surface area contributed by atoms with E-state index in [1.165, 1.54) is 0 Å². The van der Waals surface area contributed by atoms with Crippen LogP contribution < -0.4 is 10.2 Å². The van der Waals surface area contributed by atoms with Gasteiger partial charge in [-0.3, -0.25) is 14.1 Å². The molecule has 1 atom stereocenters. The number of carbonyl (C=O) groups is 2. The average molecular weight is 380 g/mol. The van der Waals surface area contributed by atoms with E-state index in [1.807, 2.05) is 43.5 Å². The fraction of sp³-hybridized carbons (Fsp3) is 0.316. The number of nitrogens with one attached hydrogen (secondary N) is 1. The molecule has 144 valence electrons. The molecule has 1 saturated heterocycles. The highest BCUT2D eigenvalue weighted by Gasteiger charge is 2.32. The van der Waals surface area contributed by atoms with Crippen molar-refractivity contribution < 1.29 is 14.3 Å². The number of nitrogens with zero attached hydrogens (tertiary/aromatic N) is 5. The number of hydrogen-bond donors (Lipinski definition) is 1. The third-order valence-corrected chi connectivity index (χ3v) is 4.50. The molecule has 2 aromatic heterocycles. The molecule has 1 aliphatic rings. The largest absolute Gasteiger partial charge is 0.442 e. The summed E-state index contributed by atoms with van der Waals surface area (Å²) in [6.07, 6.45) is 3.99. The van der Waals surface area contributed by atoms with Crippen LogP contribution in [0.2, 0.25) is 0 Å². The van der Waals surface area contributed by atoms with Gasteiger partial charge in [-0.05, 0) is 36.8 Å². The van der Waals surface area contributed by atoms with Gasteiger partial charge in [-0.15, -0.1) is 10.2 Å². The van der Waals surface area contributed by atoms with E-state index in [1.54, 1.807) is 15.5 Å². The summed E-state index contributed by atoms with van der Waals surface area (Å²) in [5.41, 5.74) is 1.59. The lowest BCUT2D eigenvalue weighted by Gasteiger charge is -2.13. The maximum atomic E-state index is 12.2. The molecule has 0 radical (unpaired) electrons. The van der Waals surface area contributed by atoms with Crippen LogP contribution in [0.1, 0.15) is 19.8 Å². The van der Waals surface area contributed by atoms with Gasteiger partial charge in [0.25, 0.3) is 5.78 Å². The molecular weight excluding hydrogens is 360 g/mol. The molecule has 1 N–H and O–H groups in total. The van der Waals surface area contributed by atoms with Gasteiger partial charge in [0.05, 0.1) is 13.1 Å². The number of aromatic nitrogens is 4. The van der Waals surface area contributed by atoms with E-state index >= 15 is 0 Å². The highest BCUT2D eigenvalue weighted by molar-refractivity contribution is 5.90. The van der Waals surface area contributed by atoms with Crippen molar-refractivity contribution >= 4 is 23.5 Å². The van der Waals surface area contributed by atoms with Crippen molar-refractivity contribution in [2.45, 2.75) is 25.9 Å². The van der Waals surface area contributed by atoms with Crippen molar-refractivity contribution in [3.63, 3.8) is 0 Å². The second kappa shape index (κ2) is 7.63. The van der Waals surface area contributed by atoms with E-state index in [2.05, 4.69) is 20.5 Å². The summed E-state index contributed by atoms with van der Waals surface area (Å²) in [4.78, 5) is 29.5. The first-order chi connectivity index (χ1) is 13.7. The fourth-order valence-electron chi connectivity index (χ4n) is 3.11. The molecule has 28 heavy (non-hydrogen) atoms. The lowest BCUT2D eigenvalue weighted by atomic mass is 10.2. The molecule has 0 saturated carbocycles. The van der Waals surface area contributed by atoms with Crippen LogP contribution in [0.25, 0.3) is 17.2 Å². The number of hydrogen-bond acceptors (Lipinski definition) is 6. The number of carbonyl (C=O) groups excluding carboxylic acids is 2. The molecule has 4 rings (SSSR count). The number of anilines is 1. The van der Waals surface area contributed by atoms with Crippen LogP contribution in [0.4, 0.5) is 10.5 Å². The third kappa shape index (κ3) is 3.51. The Morgan fingerprint density at radius 1 is 1.29 bits per heavy atom. The van der Waals surface area contributed by atoms with Gasteiger partial charge in [0.15, 0.2) is 5.82 Å². The zero-order valence-electron chi connectivity index (χ0n) is 15.4. The minimum absolute atomic E-state index is 0.0311. The minimum Gasteiger partial charge on any atom is -0.442 e. The number of ether oxygens (including phenoxy) is 1. The van der Waals surface area contributed by atoms with Crippen molar-refractivity contribution in [1.82, 2.24) is 24.9 Å². The molecule has 3 heterocycles. The van der Waals surface area contributed by atoms with Gasteiger partial charge in [-0.25, -0.2) is 9.78 Å². The van der Waals surface area contributed by atoms with E-state index in [-0.39, 0.29) is 12.0 Å². The van der Waals surface area contributed by atoms with Crippen molar-refractivity contribution in [2.75, 3.05) is 18.0 Å². The Morgan fingerprint density at radius 3 is 2.89 bits per heavy atom. The molecule has 9 nitrogen and oxygen atoms in total. The number of fused-ring (bicyclic) bond motifs is 1. The van der Waals surface area contributed by atoms with Crippen LogP contribution in [0.15, 0.2) is 42.7 Å². The Balaban J connectivity index is 1.45. The van der Waals surface area contributed by atoms with Crippen LogP contribution in [-0.2, 0) is 9.53 Å². The highest BCUT2D eigenvalue weighted by Crippen LogP contribution is 2.25. The van der Waals surface area contributed by atoms with Crippen LogP contribution >= 0.6 is 0 Å². The second-order valence-electron chi connectivity index (χ2n) is 6.53. The molecule has 0 spiro atoms. The van der Waals surface area contributed by atoms with Crippen LogP contribution in [-0.4, -0.2) is 50.8 Å². The first-order valence-electron chi connectivity index (χ1n) is 9.16. The summed E-state index contributed by atoms with van der Waals surface area (Å²) in [7, 11) is 0. The monoisotopic (exact) mass is 380 g/mol. The average Bonchev–Trinajstić information content (AvgIpc) is 3.30. The summed E-state index contributed by atoms with van der Waals surface area (Å²) in [5.74, 6) is 1.17.